The van der Waals surface area contributed by atoms with Gasteiger partial charge in [-0.2, -0.15) is 0 Å². The lowest BCUT2D eigenvalue weighted by molar-refractivity contribution is 0.296. The third kappa shape index (κ3) is 7.84. The highest BCUT2D eigenvalue weighted by Gasteiger charge is 2.18. The van der Waals surface area contributed by atoms with E-state index in [9.17, 15) is 0 Å². The average Bonchev–Trinajstić information content (AvgIpc) is 2.48. The zero-order valence-electron chi connectivity index (χ0n) is 15.1. The molecule has 1 rings (SSSR count). The molecule has 0 saturated heterocycles. The van der Waals surface area contributed by atoms with Crippen molar-refractivity contribution < 1.29 is 4.74 Å². The van der Waals surface area contributed by atoms with Crippen LogP contribution in [0.3, 0.4) is 0 Å². The largest absolute Gasteiger partial charge is 0.493 e. The van der Waals surface area contributed by atoms with Crippen LogP contribution in [0.2, 0.25) is 0 Å². The van der Waals surface area contributed by atoms with Gasteiger partial charge in [0.2, 0.25) is 0 Å². The van der Waals surface area contributed by atoms with E-state index in [4.69, 9.17) is 4.74 Å². The Hall–Kier alpha value is -1.02. The summed E-state index contributed by atoms with van der Waals surface area (Å²) in [5.41, 5.74) is 1.44. The Morgan fingerprint density at radius 1 is 0.909 bits per heavy atom. The zero-order chi connectivity index (χ0) is 16.3. The van der Waals surface area contributed by atoms with E-state index in [1.165, 1.54) is 44.2 Å². The summed E-state index contributed by atoms with van der Waals surface area (Å²) < 4.78 is 6.01. The van der Waals surface area contributed by atoms with Crippen LogP contribution in [0, 0.1) is 0 Å². The molecule has 0 fully saturated rings. The van der Waals surface area contributed by atoms with Crippen molar-refractivity contribution in [3.8, 4) is 5.75 Å². The Balaban J connectivity index is 2.13. The molecule has 0 heterocycles. The number of ether oxygens (including phenoxy) is 1. The summed E-state index contributed by atoms with van der Waals surface area (Å²) in [6.07, 6.45) is 7.55. The first-order valence-electron chi connectivity index (χ1n) is 8.98. The van der Waals surface area contributed by atoms with Gasteiger partial charge < -0.3 is 10.1 Å². The van der Waals surface area contributed by atoms with Crippen LogP contribution in [0.4, 0.5) is 0 Å². The number of benzene rings is 1. The molecule has 0 radical (unpaired) electrons. The Morgan fingerprint density at radius 2 is 1.59 bits per heavy atom. The van der Waals surface area contributed by atoms with Crippen molar-refractivity contribution in [2.24, 2.45) is 0 Å². The van der Waals surface area contributed by atoms with Gasteiger partial charge in [0.25, 0.3) is 0 Å². The summed E-state index contributed by atoms with van der Waals surface area (Å²) in [6, 6.07) is 8.43. The van der Waals surface area contributed by atoms with Crippen molar-refractivity contribution in [2.45, 2.75) is 71.6 Å². The van der Waals surface area contributed by atoms with Gasteiger partial charge in [0.1, 0.15) is 5.75 Å². The molecule has 1 N–H and O–H groups in total. The van der Waals surface area contributed by atoms with Gasteiger partial charge >= 0.3 is 0 Å². The molecule has 0 aromatic heterocycles. The minimum Gasteiger partial charge on any atom is -0.493 e. The lowest BCUT2D eigenvalue weighted by Gasteiger charge is -2.22. The van der Waals surface area contributed by atoms with E-state index < -0.39 is 0 Å². The summed E-state index contributed by atoms with van der Waals surface area (Å²) >= 11 is 0. The Labute approximate surface area is 137 Å². The van der Waals surface area contributed by atoms with Crippen molar-refractivity contribution in [2.75, 3.05) is 19.7 Å². The third-order valence-corrected chi connectivity index (χ3v) is 3.91. The fraction of sp³-hybridized carbons (Fsp3) is 0.700. The second-order valence-electron chi connectivity index (χ2n) is 7.11. The Morgan fingerprint density at radius 3 is 2.32 bits per heavy atom. The summed E-state index contributed by atoms with van der Waals surface area (Å²) in [6.45, 7) is 12.1. The first-order valence-corrected chi connectivity index (χ1v) is 8.98. The lowest BCUT2D eigenvalue weighted by Crippen LogP contribution is -2.16. The van der Waals surface area contributed by atoms with E-state index in [1.807, 2.05) is 0 Å². The predicted molar refractivity (Wildman–Crippen MR) is 96.9 cm³/mol. The highest BCUT2D eigenvalue weighted by atomic mass is 16.5. The van der Waals surface area contributed by atoms with E-state index in [0.29, 0.717) is 0 Å². The maximum Gasteiger partial charge on any atom is 0.123 e. The molecule has 22 heavy (non-hydrogen) atoms. The quantitative estimate of drug-likeness (QED) is 0.559. The topological polar surface area (TPSA) is 21.3 Å². The molecule has 1 aromatic rings. The lowest BCUT2D eigenvalue weighted by atomic mass is 9.86. The van der Waals surface area contributed by atoms with Crippen LogP contribution >= 0.6 is 0 Å². The zero-order valence-corrected chi connectivity index (χ0v) is 15.1. The Bertz CT molecular complexity index is 395. The molecule has 0 aliphatic heterocycles. The molecule has 0 aliphatic carbocycles. The SMILES string of the molecule is CCCCNCCCCCCOc1ccccc1C(C)(C)C. The van der Waals surface area contributed by atoms with Gasteiger partial charge in [-0.25, -0.2) is 0 Å². The number of para-hydroxylation sites is 1. The highest BCUT2D eigenvalue weighted by molar-refractivity contribution is 5.38. The van der Waals surface area contributed by atoms with Gasteiger partial charge in [-0.05, 0) is 49.4 Å². The van der Waals surface area contributed by atoms with E-state index in [0.717, 1.165) is 25.3 Å². The second kappa shape index (κ2) is 10.7. The van der Waals surface area contributed by atoms with Crippen LogP contribution in [0.1, 0.15) is 71.8 Å². The normalized spacial score (nSPS) is 11.6. The van der Waals surface area contributed by atoms with Crippen LogP contribution in [-0.4, -0.2) is 19.7 Å². The van der Waals surface area contributed by atoms with Crippen molar-refractivity contribution in [1.82, 2.24) is 5.32 Å². The minimum absolute atomic E-state index is 0.140. The number of nitrogens with one attached hydrogen (secondary N) is 1. The molecule has 0 saturated carbocycles. The smallest absolute Gasteiger partial charge is 0.123 e. The molecule has 2 heteroatoms. The third-order valence-electron chi connectivity index (χ3n) is 3.91. The van der Waals surface area contributed by atoms with Crippen molar-refractivity contribution in [3.63, 3.8) is 0 Å². The molecule has 1 aromatic carbocycles. The van der Waals surface area contributed by atoms with E-state index in [2.05, 4.69) is 57.3 Å². The van der Waals surface area contributed by atoms with Crippen LogP contribution in [0.5, 0.6) is 5.75 Å². The van der Waals surface area contributed by atoms with Crippen molar-refractivity contribution in [3.05, 3.63) is 29.8 Å². The first kappa shape index (κ1) is 19.0. The summed E-state index contributed by atoms with van der Waals surface area (Å²) in [4.78, 5) is 0. The Kier molecular flexibility index (Phi) is 9.22. The maximum absolute atomic E-state index is 6.01. The standard InChI is InChI=1S/C20H35NO/c1-5-6-15-21-16-11-7-8-12-17-22-19-14-10-9-13-18(19)20(2,3)4/h9-10,13-14,21H,5-8,11-12,15-17H2,1-4H3. The summed E-state index contributed by atoms with van der Waals surface area (Å²) in [5, 5.41) is 3.50. The average molecular weight is 306 g/mol. The van der Waals surface area contributed by atoms with Gasteiger partial charge in [-0.1, -0.05) is 65.2 Å². The van der Waals surface area contributed by atoms with E-state index in [1.54, 1.807) is 0 Å². The predicted octanol–water partition coefficient (Wildman–Crippen LogP) is 5.31. The molecule has 0 amide bonds. The molecule has 0 spiro atoms. The fourth-order valence-corrected chi connectivity index (χ4v) is 2.53. The molecule has 0 atom stereocenters. The fourth-order valence-electron chi connectivity index (χ4n) is 2.53. The first-order chi connectivity index (χ1) is 10.6. The second-order valence-corrected chi connectivity index (χ2v) is 7.11. The van der Waals surface area contributed by atoms with Gasteiger partial charge in [0, 0.05) is 0 Å². The van der Waals surface area contributed by atoms with Crippen LogP contribution in [0.25, 0.3) is 0 Å². The molecule has 0 bridgehead atoms. The molecule has 0 unspecified atom stereocenters. The maximum atomic E-state index is 6.01. The number of unbranched alkanes of at least 4 members (excludes halogenated alkanes) is 4. The molecule has 126 valence electrons. The molecule has 0 aliphatic rings. The van der Waals surface area contributed by atoms with Gasteiger partial charge in [-0.15, -0.1) is 0 Å². The molecular formula is C20H35NO. The number of hydrogen-bond donors (Lipinski definition) is 1. The van der Waals surface area contributed by atoms with E-state index >= 15 is 0 Å². The van der Waals surface area contributed by atoms with Crippen molar-refractivity contribution >= 4 is 0 Å². The van der Waals surface area contributed by atoms with Crippen LogP contribution in [0.15, 0.2) is 24.3 Å². The van der Waals surface area contributed by atoms with Crippen LogP contribution in [-0.2, 0) is 5.41 Å². The summed E-state index contributed by atoms with van der Waals surface area (Å²) in [5.74, 6) is 1.05. The number of rotatable bonds is 11. The van der Waals surface area contributed by atoms with Gasteiger partial charge in [0.05, 0.1) is 6.61 Å². The minimum atomic E-state index is 0.140. The monoisotopic (exact) mass is 305 g/mol. The van der Waals surface area contributed by atoms with Gasteiger partial charge in [0.15, 0.2) is 0 Å². The summed E-state index contributed by atoms with van der Waals surface area (Å²) in [7, 11) is 0. The number of hydrogen-bond acceptors (Lipinski definition) is 2. The molecule has 2 nitrogen and oxygen atoms in total. The van der Waals surface area contributed by atoms with Crippen LogP contribution < -0.4 is 10.1 Å². The van der Waals surface area contributed by atoms with Gasteiger partial charge in [-0.3, -0.25) is 0 Å². The van der Waals surface area contributed by atoms with E-state index in [-0.39, 0.29) is 5.41 Å². The highest BCUT2D eigenvalue weighted by Crippen LogP contribution is 2.30. The molecular weight excluding hydrogens is 270 g/mol. The van der Waals surface area contributed by atoms with Crippen molar-refractivity contribution in [1.29, 1.82) is 0 Å².